The fourth-order valence-corrected chi connectivity index (χ4v) is 6.13. The quantitative estimate of drug-likeness (QED) is 0.132. The lowest BCUT2D eigenvalue weighted by molar-refractivity contribution is 0.399. The molecule has 0 radical (unpaired) electrons. The molecule has 0 atom stereocenters. The lowest BCUT2D eigenvalue weighted by atomic mass is 10.00. The molecule has 1 saturated heterocycles. The molecule has 0 unspecified atom stereocenters. The number of hydrogen-bond acceptors (Lipinski definition) is 6. The van der Waals surface area contributed by atoms with Crippen molar-refractivity contribution < 1.29 is 17.6 Å². The van der Waals surface area contributed by atoms with Crippen LogP contribution in [0.4, 0.5) is 34.8 Å². The topological polar surface area (TPSA) is 44.3 Å². The molecule has 2 aliphatic heterocycles. The molecule has 4 aromatic rings. The zero-order valence-electron chi connectivity index (χ0n) is 20.2. The van der Waals surface area contributed by atoms with Gasteiger partial charge in [-0.25, -0.2) is 27.5 Å². The van der Waals surface area contributed by atoms with E-state index in [0.29, 0.717) is 24.7 Å². The molecule has 38 heavy (non-hydrogen) atoms. The van der Waals surface area contributed by atoms with Gasteiger partial charge in [-0.1, -0.05) is 35.9 Å². The van der Waals surface area contributed by atoms with Gasteiger partial charge < -0.3 is 15.1 Å². The monoisotopic (exact) mass is 559 g/mol. The second-order valence-electron chi connectivity index (χ2n) is 9.32. The first-order chi connectivity index (χ1) is 18.4. The van der Waals surface area contributed by atoms with Crippen LogP contribution in [0.5, 0.6) is 0 Å². The predicted octanol–water partition coefficient (Wildman–Crippen LogP) is 6.42. The summed E-state index contributed by atoms with van der Waals surface area (Å²) >= 11 is 7.37. The van der Waals surface area contributed by atoms with Gasteiger partial charge in [0.25, 0.3) is 0 Å². The van der Waals surface area contributed by atoms with E-state index in [1.54, 1.807) is 0 Å². The Labute approximate surface area is 225 Å². The van der Waals surface area contributed by atoms with Gasteiger partial charge in [0, 0.05) is 36.3 Å². The Hall–Kier alpha value is -3.24. The summed E-state index contributed by atoms with van der Waals surface area (Å²) in [6.45, 7) is 2.24. The molecule has 6 rings (SSSR count). The SMILES string of the molecule is CSc1c(F)c(F)c(F)c(F)c1NC1CN(c2ncnc3c2CCN(c2cccc4cccc(Cl)c24)C3)C1. The van der Waals surface area contributed by atoms with Crippen LogP contribution in [0.15, 0.2) is 47.6 Å². The van der Waals surface area contributed by atoms with Crippen LogP contribution in [0.3, 0.4) is 0 Å². The van der Waals surface area contributed by atoms with E-state index >= 15 is 0 Å². The minimum Gasteiger partial charge on any atom is -0.375 e. The summed E-state index contributed by atoms with van der Waals surface area (Å²) in [5.41, 5.74) is 2.66. The smallest absolute Gasteiger partial charge is 0.199 e. The summed E-state index contributed by atoms with van der Waals surface area (Å²) in [6, 6.07) is 11.7. The highest BCUT2D eigenvalue weighted by atomic mass is 35.5. The normalized spacial score (nSPS) is 15.5. The van der Waals surface area contributed by atoms with E-state index < -0.39 is 23.3 Å². The third kappa shape index (κ3) is 4.10. The van der Waals surface area contributed by atoms with Gasteiger partial charge >= 0.3 is 0 Å². The molecule has 3 heterocycles. The fraction of sp³-hybridized carbons (Fsp3) is 0.259. The minimum atomic E-state index is -1.82. The van der Waals surface area contributed by atoms with Crippen LogP contribution in [0.25, 0.3) is 10.8 Å². The number of nitrogens with zero attached hydrogens (tertiary/aromatic N) is 4. The predicted molar refractivity (Wildman–Crippen MR) is 143 cm³/mol. The standard InChI is InChI=1S/C27H22ClF4N5S/c1-38-26-24(32)22(30)21(29)23(31)25(26)35-15-10-37(11-15)27-16-8-9-36(12-18(16)33-13-34-27)19-7-3-5-14-4-2-6-17(28)20(14)19/h2-7,13,15,35H,8-12H2,1H3. The maximum atomic E-state index is 14.5. The molecular formula is C27H22ClF4N5S. The number of thioether (sulfide) groups is 1. The van der Waals surface area contributed by atoms with Crippen molar-refractivity contribution in [1.29, 1.82) is 0 Å². The van der Waals surface area contributed by atoms with Gasteiger partial charge in [0.05, 0.1) is 33.9 Å². The second-order valence-corrected chi connectivity index (χ2v) is 10.5. The average molecular weight is 560 g/mol. The molecule has 1 N–H and O–H groups in total. The number of hydrogen-bond donors (Lipinski definition) is 1. The molecule has 1 aromatic heterocycles. The third-order valence-electron chi connectivity index (χ3n) is 7.11. The second kappa shape index (κ2) is 9.81. The van der Waals surface area contributed by atoms with Crippen molar-refractivity contribution in [1.82, 2.24) is 9.97 Å². The lowest BCUT2D eigenvalue weighted by Crippen LogP contribution is -2.56. The molecule has 0 aliphatic carbocycles. The fourth-order valence-electron chi connectivity index (χ4n) is 5.23. The summed E-state index contributed by atoms with van der Waals surface area (Å²) in [6.07, 6.45) is 3.74. The first-order valence-corrected chi connectivity index (χ1v) is 13.6. The summed E-state index contributed by atoms with van der Waals surface area (Å²) in [5.74, 6) is -5.64. The van der Waals surface area contributed by atoms with Crippen LogP contribution < -0.4 is 15.1 Å². The number of halogens is 5. The minimum absolute atomic E-state index is 0.284. The Morgan fingerprint density at radius 1 is 0.947 bits per heavy atom. The molecule has 1 fully saturated rings. The Balaban J connectivity index is 1.21. The molecule has 2 aliphatic rings. The molecule has 0 saturated carbocycles. The van der Waals surface area contributed by atoms with Gasteiger partial charge in [-0.3, -0.25) is 0 Å². The number of benzene rings is 3. The molecule has 0 amide bonds. The molecule has 196 valence electrons. The molecule has 5 nitrogen and oxygen atoms in total. The summed E-state index contributed by atoms with van der Waals surface area (Å²) in [5, 5.41) is 5.64. The van der Waals surface area contributed by atoms with Gasteiger partial charge in [0.15, 0.2) is 23.3 Å². The van der Waals surface area contributed by atoms with Crippen molar-refractivity contribution in [3.05, 3.63) is 82.3 Å². The van der Waals surface area contributed by atoms with Gasteiger partial charge in [-0.15, -0.1) is 11.8 Å². The van der Waals surface area contributed by atoms with Crippen LogP contribution in [0.2, 0.25) is 5.02 Å². The van der Waals surface area contributed by atoms with Crippen molar-refractivity contribution in [2.75, 3.05) is 41.0 Å². The summed E-state index contributed by atoms with van der Waals surface area (Å²) in [4.78, 5) is 13.1. The number of anilines is 3. The van der Waals surface area contributed by atoms with E-state index in [1.165, 1.54) is 12.6 Å². The molecular weight excluding hydrogens is 538 g/mol. The van der Waals surface area contributed by atoms with Gasteiger partial charge in [0.1, 0.15) is 12.1 Å². The van der Waals surface area contributed by atoms with Crippen LogP contribution >= 0.6 is 23.4 Å². The maximum Gasteiger partial charge on any atom is 0.199 e. The van der Waals surface area contributed by atoms with Crippen molar-refractivity contribution in [3.63, 3.8) is 0 Å². The average Bonchev–Trinajstić information content (AvgIpc) is 2.91. The third-order valence-corrected chi connectivity index (χ3v) is 8.22. The first-order valence-electron chi connectivity index (χ1n) is 12.0. The Kier molecular flexibility index (Phi) is 6.47. The van der Waals surface area contributed by atoms with E-state index in [2.05, 4.69) is 26.3 Å². The van der Waals surface area contributed by atoms with Crippen LogP contribution in [-0.4, -0.2) is 41.9 Å². The first kappa shape index (κ1) is 25.1. The highest BCUT2D eigenvalue weighted by Gasteiger charge is 2.34. The van der Waals surface area contributed by atoms with Gasteiger partial charge in [-0.05, 0) is 30.2 Å². The van der Waals surface area contributed by atoms with Crippen LogP contribution in [0.1, 0.15) is 11.3 Å². The zero-order chi connectivity index (χ0) is 26.6. The molecule has 3 aromatic carbocycles. The van der Waals surface area contributed by atoms with Gasteiger partial charge in [-0.2, -0.15) is 0 Å². The highest BCUT2D eigenvalue weighted by molar-refractivity contribution is 7.98. The molecule has 0 bridgehead atoms. The zero-order valence-corrected chi connectivity index (χ0v) is 21.8. The summed E-state index contributed by atoms with van der Waals surface area (Å²) < 4.78 is 56.2. The highest BCUT2D eigenvalue weighted by Crippen LogP contribution is 2.38. The Bertz CT molecular complexity index is 1560. The van der Waals surface area contributed by atoms with E-state index in [4.69, 9.17) is 11.6 Å². The van der Waals surface area contributed by atoms with Crippen molar-refractivity contribution in [2.24, 2.45) is 0 Å². The Morgan fingerprint density at radius 3 is 2.45 bits per heavy atom. The van der Waals surface area contributed by atoms with E-state index in [0.717, 1.165) is 58.3 Å². The van der Waals surface area contributed by atoms with Gasteiger partial charge in [0.2, 0.25) is 0 Å². The van der Waals surface area contributed by atoms with Crippen LogP contribution in [-0.2, 0) is 13.0 Å². The number of aromatic nitrogens is 2. The largest absolute Gasteiger partial charge is 0.375 e. The Morgan fingerprint density at radius 2 is 1.68 bits per heavy atom. The summed E-state index contributed by atoms with van der Waals surface area (Å²) in [7, 11) is 0. The van der Waals surface area contributed by atoms with Crippen molar-refractivity contribution in [3.8, 4) is 0 Å². The van der Waals surface area contributed by atoms with Crippen molar-refractivity contribution in [2.45, 2.75) is 23.9 Å². The van der Waals surface area contributed by atoms with Crippen LogP contribution in [0, 0.1) is 23.3 Å². The van der Waals surface area contributed by atoms with E-state index in [-0.39, 0.29) is 16.6 Å². The van der Waals surface area contributed by atoms with E-state index in [9.17, 15) is 17.6 Å². The number of rotatable bonds is 5. The number of fused-ring (bicyclic) bond motifs is 2. The maximum absolute atomic E-state index is 14.5. The van der Waals surface area contributed by atoms with Crippen molar-refractivity contribution >= 4 is 51.3 Å². The van der Waals surface area contributed by atoms with E-state index in [1.807, 2.05) is 35.2 Å². The lowest BCUT2D eigenvalue weighted by Gasteiger charge is -2.43. The molecule has 11 heteroatoms. The number of nitrogens with one attached hydrogen (secondary N) is 1. The molecule has 0 spiro atoms.